The van der Waals surface area contributed by atoms with Crippen LogP contribution in [0.5, 0.6) is 0 Å². The number of hydrogen-bond donors (Lipinski definition) is 1. The summed E-state index contributed by atoms with van der Waals surface area (Å²) in [5.41, 5.74) is 7.81. The molecule has 1 aromatic carbocycles. The molecule has 0 aliphatic heterocycles. The fourth-order valence-electron chi connectivity index (χ4n) is 3.25. The normalized spacial score (nSPS) is 19.9. The third kappa shape index (κ3) is 3.08. The third-order valence-electron chi connectivity index (χ3n) is 4.49. The van der Waals surface area contributed by atoms with Gasteiger partial charge in [0.15, 0.2) is 0 Å². The molecule has 0 heterocycles. The topological polar surface area (TPSA) is 29.3 Å². The van der Waals surface area contributed by atoms with Gasteiger partial charge in [0.25, 0.3) is 0 Å². The van der Waals surface area contributed by atoms with Gasteiger partial charge in [0.05, 0.1) is 10.0 Å². The van der Waals surface area contributed by atoms with E-state index in [4.69, 9.17) is 28.9 Å². The molecule has 1 saturated carbocycles. The zero-order valence-electron chi connectivity index (χ0n) is 11.6. The lowest BCUT2D eigenvalue weighted by molar-refractivity contribution is 0.123. The zero-order valence-corrected chi connectivity index (χ0v) is 13.1. The fraction of sp³-hybridized carbons (Fsp3) is 0.600. The highest BCUT2D eigenvalue weighted by atomic mass is 35.5. The van der Waals surface area contributed by atoms with Gasteiger partial charge < -0.3 is 10.6 Å². The van der Waals surface area contributed by atoms with E-state index in [9.17, 15) is 0 Å². The van der Waals surface area contributed by atoms with Crippen molar-refractivity contribution in [2.75, 3.05) is 14.1 Å². The van der Waals surface area contributed by atoms with E-state index in [-0.39, 0.29) is 11.6 Å². The molecule has 0 saturated heterocycles. The molecule has 1 aliphatic rings. The Kier molecular flexibility index (Phi) is 4.78. The lowest BCUT2D eigenvalue weighted by Gasteiger charge is -2.41. The molecule has 19 heavy (non-hydrogen) atoms. The summed E-state index contributed by atoms with van der Waals surface area (Å²) in [7, 11) is 4.28. The lowest BCUT2D eigenvalue weighted by Crippen LogP contribution is -2.56. The second-order valence-corrected chi connectivity index (χ2v) is 6.58. The molecule has 2 nitrogen and oxygen atoms in total. The summed E-state index contributed by atoms with van der Waals surface area (Å²) in [6, 6.07) is 5.93. The average molecular weight is 301 g/mol. The minimum atomic E-state index is 0.127. The first-order valence-electron chi connectivity index (χ1n) is 6.82. The molecule has 0 bridgehead atoms. The van der Waals surface area contributed by atoms with Crippen molar-refractivity contribution < 1.29 is 0 Å². The number of rotatable bonds is 4. The Bertz CT molecular complexity index is 440. The van der Waals surface area contributed by atoms with E-state index in [1.807, 2.05) is 18.2 Å². The number of hydrogen-bond acceptors (Lipinski definition) is 2. The van der Waals surface area contributed by atoms with Crippen LogP contribution in [0.2, 0.25) is 10.0 Å². The van der Waals surface area contributed by atoms with Crippen LogP contribution in [-0.2, 0) is 6.42 Å². The third-order valence-corrected chi connectivity index (χ3v) is 5.23. The Balaban J connectivity index is 2.15. The summed E-state index contributed by atoms with van der Waals surface area (Å²) in [6.45, 7) is 0. The summed E-state index contributed by atoms with van der Waals surface area (Å²) in [4.78, 5) is 2.31. The van der Waals surface area contributed by atoms with E-state index in [2.05, 4.69) is 19.0 Å². The summed E-state index contributed by atoms with van der Waals surface area (Å²) < 4.78 is 0. The van der Waals surface area contributed by atoms with Crippen molar-refractivity contribution >= 4 is 23.2 Å². The highest BCUT2D eigenvalue weighted by molar-refractivity contribution is 6.42. The van der Waals surface area contributed by atoms with Gasteiger partial charge in [0.2, 0.25) is 0 Å². The Labute approximate surface area is 125 Å². The molecule has 2 N–H and O–H groups in total. The van der Waals surface area contributed by atoms with Gasteiger partial charge in [0.1, 0.15) is 0 Å². The number of likely N-dealkylation sites (N-methyl/N-ethyl adjacent to an activating group) is 1. The maximum Gasteiger partial charge on any atom is 0.0595 e. The van der Waals surface area contributed by atoms with Crippen molar-refractivity contribution in [1.82, 2.24) is 4.90 Å². The molecule has 0 aromatic heterocycles. The van der Waals surface area contributed by atoms with E-state index < -0.39 is 0 Å². The molecule has 1 fully saturated rings. The highest BCUT2D eigenvalue weighted by Crippen LogP contribution is 2.37. The number of halogens is 2. The molecule has 0 spiro atoms. The van der Waals surface area contributed by atoms with E-state index in [0.29, 0.717) is 10.0 Å². The molecule has 1 aliphatic carbocycles. The molecule has 1 unspecified atom stereocenters. The second-order valence-electron chi connectivity index (χ2n) is 5.76. The van der Waals surface area contributed by atoms with Crippen LogP contribution in [0.4, 0.5) is 0 Å². The smallest absolute Gasteiger partial charge is 0.0595 e. The van der Waals surface area contributed by atoms with Crippen molar-refractivity contribution in [3.05, 3.63) is 33.8 Å². The van der Waals surface area contributed by atoms with Gasteiger partial charge in [-0.2, -0.15) is 0 Å². The zero-order chi connectivity index (χ0) is 14.0. The van der Waals surface area contributed by atoms with E-state index in [1.54, 1.807) is 0 Å². The van der Waals surface area contributed by atoms with Crippen molar-refractivity contribution in [1.29, 1.82) is 0 Å². The molecule has 106 valence electrons. The predicted octanol–water partition coefficient (Wildman–Crippen LogP) is 3.74. The SMILES string of the molecule is CN(C)C1(C(N)Cc2ccc(Cl)c(Cl)c2)CCCC1. The van der Waals surface area contributed by atoms with Gasteiger partial charge in [-0.3, -0.25) is 0 Å². The van der Waals surface area contributed by atoms with Crippen LogP contribution in [0.3, 0.4) is 0 Å². The molecule has 4 heteroatoms. The van der Waals surface area contributed by atoms with Crippen molar-refractivity contribution in [2.24, 2.45) is 5.73 Å². The van der Waals surface area contributed by atoms with Gasteiger partial charge in [0, 0.05) is 11.6 Å². The molecule has 0 amide bonds. The molecule has 2 rings (SSSR count). The van der Waals surface area contributed by atoms with E-state index >= 15 is 0 Å². The maximum atomic E-state index is 6.52. The quantitative estimate of drug-likeness (QED) is 0.918. The maximum absolute atomic E-state index is 6.52. The van der Waals surface area contributed by atoms with Gasteiger partial charge in [-0.05, 0) is 51.1 Å². The van der Waals surface area contributed by atoms with Crippen LogP contribution in [0.15, 0.2) is 18.2 Å². The lowest BCUT2D eigenvalue weighted by atomic mass is 9.84. The van der Waals surface area contributed by atoms with Gasteiger partial charge in [-0.15, -0.1) is 0 Å². The van der Waals surface area contributed by atoms with Crippen molar-refractivity contribution in [3.8, 4) is 0 Å². The Morgan fingerprint density at radius 3 is 2.37 bits per heavy atom. The Morgan fingerprint density at radius 2 is 1.84 bits per heavy atom. The van der Waals surface area contributed by atoms with E-state index in [1.165, 1.54) is 25.7 Å². The second kappa shape index (κ2) is 6.01. The Morgan fingerprint density at radius 1 is 1.21 bits per heavy atom. The van der Waals surface area contributed by atoms with Gasteiger partial charge in [-0.25, -0.2) is 0 Å². The number of benzene rings is 1. The molecule has 1 atom stereocenters. The summed E-state index contributed by atoms with van der Waals surface area (Å²) in [6.07, 6.45) is 5.75. The van der Waals surface area contributed by atoms with Crippen LogP contribution >= 0.6 is 23.2 Å². The summed E-state index contributed by atoms with van der Waals surface area (Å²) >= 11 is 12.0. The molecular formula is C15H22Cl2N2. The number of nitrogens with zero attached hydrogens (tertiary/aromatic N) is 1. The molecular weight excluding hydrogens is 279 g/mol. The first kappa shape index (κ1) is 15.1. The highest BCUT2D eigenvalue weighted by Gasteiger charge is 2.41. The van der Waals surface area contributed by atoms with Gasteiger partial charge in [-0.1, -0.05) is 42.1 Å². The first-order valence-corrected chi connectivity index (χ1v) is 7.58. The minimum absolute atomic E-state index is 0.127. The monoisotopic (exact) mass is 300 g/mol. The van der Waals surface area contributed by atoms with Gasteiger partial charge >= 0.3 is 0 Å². The predicted molar refractivity (Wildman–Crippen MR) is 83.0 cm³/mol. The molecule has 0 radical (unpaired) electrons. The Hall–Kier alpha value is -0.280. The van der Waals surface area contributed by atoms with Crippen LogP contribution in [0.1, 0.15) is 31.2 Å². The summed E-state index contributed by atoms with van der Waals surface area (Å²) in [5.74, 6) is 0. The van der Waals surface area contributed by atoms with Crippen LogP contribution in [0.25, 0.3) is 0 Å². The minimum Gasteiger partial charge on any atom is -0.326 e. The molecule has 1 aromatic rings. The van der Waals surface area contributed by atoms with E-state index in [0.717, 1.165) is 12.0 Å². The largest absolute Gasteiger partial charge is 0.326 e. The fourth-order valence-corrected chi connectivity index (χ4v) is 3.57. The average Bonchev–Trinajstić information content (AvgIpc) is 2.84. The summed E-state index contributed by atoms with van der Waals surface area (Å²) in [5, 5.41) is 1.21. The van der Waals surface area contributed by atoms with Crippen LogP contribution < -0.4 is 5.73 Å². The number of nitrogens with two attached hydrogens (primary N) is 1. The standard InChI is InChI=1S/C15H22Cl2N2/c1-19(2)15(7-3-4-8-15)14(18)10-11-5-6-12(16)13(17)9-11/h5-6,9,14H,3-4,7-8,10,18H2,1-2H3. The van der Waals surface area contributed by atoms with Crippen LogP contribution in [-0.4, -0.2) is 30.6 Å². The van der Waals surface area contributed by atoms with Crippen LogP contribution in [0, 0.1) is 0 Å². The van der Waals surface area contributed by atoms with Crippen molar-refractivity contribution in [3.63, 3.8) is 0 Å². The van der Waals surface area contributed by atoms with Crippen molar-refractivity contribution in [2.45, 2.75) is 43.7 Å². The first-order chi connectivity index (χ1) is 8.95.